The Morgan fingerprint density at radius 2 is 1.78 bits per heavy atom. The first-order chi connectivity index (χ1) is 8.69. The van der Waals surface area contributed by atoms with Crippen LogP contribution in [0.3, 0.4) is 0 Å². The van der Waals surface area contributed by atoms with Gasteiger partial charge >= 0.3 is 0 Å². The third kappa shape index (κ3) is 2.66. The topological polar surface area (TPSA) is 68.2 Å². The van der Waals surface area contributed by atoms with E-state index in [2.05, 4.69) is 28.9 Å². The van der Waals surface area contributed by atoms with Crippen molar-refractivity contribution in [3.8, 4) is 0 Å². The zero-order valence-electron chi connectivity index (χ0n) is 11.5. The van der Waals surface area contributed by atoms with Gasteiger partial charge in [-0.05, 0) is 30.8 Å². The lowest BCUT2D eigenvalue weighted by Crippen LogP contribution is -2.35. The quantitative estimate of drug-likeness (QED) is 0.891. The Hall–Kier alpha value is -1.10. The van der Waals surface area contributed by atoms with Crippen LogP contribution >= 0.6 is 0 Å². The molecule has 0 aliphatic carbocycles. The second-order valence-electron chi connectivity index (χ2n) is 5.16. The fraction of sp³-hybridized carbons (Fsp3) is 0.846. The highest BCUT2D eigenvalue weighted by Gasteiger charge is 2.30. The van der Waals surface area contributed by atoms with Gasteiger partial charge in [-0.1, -0.05) is 26.7 Å². The summed E-state index contributed by atoms with van der Waals surface area (Å²) in [5.41, 5.74) is 5.80. The Labute approximate surface area is 109 Å². The number of nitrogens with two attached hydrogens (primary N) is 1. The smallest absolute Gasteiger partial charge is 0.266 e. The lowest BCUT2D eigenvalue weighted by Gasteiger charge is -2.21. The molecule has 1 aliphatic heterocycles. The molecular weight excluding hydrogens is 228 g/mol. The zero-order valence-corrected chi connectivity index (χ0v) is 11.5. The summed E-state index contributed by atoms with van der Waals surface area (Å²) in [4.78, 5) is 6.73. The van der Waals surface area contributed by atoms with E-state index in [1.165, 1.54) is 25.7 Å². The summed E-state index contributed by atoms with van der Waals surface area (Å²) in [5, 5.41) is 4.10. The summed E-state index contributed by atoms with van der Waals surface area (Å²) >= 11 is 0. The Kier molecular flexibility index (Phi) is 4.22. The third-order valence-electron chi connectivity index (χ3n) is 3.99. The van der Waals surface area contributed by atoms with Gasteiger partial charge in [0.05, 0.1) is 5.54 Å². The Morgan fingerprint density at radius 1 is 1.17 bits per heavy atom. The molecule has 0 atom stereocenters. The molecule has 1 aliphatic rings. The minimum absolute atomic E-state index is 0.475. The van der Waals surface area contributed by atoms with Crippen LogP contribution in [0.4, 0.5) is 5.95 Å². The molecule has 102 valence electrons. The van der Waals surface area contributed by atoms with Gasteiger partial charge in [0.1, 0.15) is 0 Å². The van der Waals surface area contributed by atoms with Gasteiger partial charge in [0, 0.05) is 13.1 Å². The Bertz CT molecular complexity index is 365. The summed E-state index contributed by atoms with van der Waals surface area (Å²) < 4.78 is 5.38. The number of hydrogen-bond donors (Lipinski definition) is 1. The maximum Gasteiger partial charge on any atom is 0.266 e. The zero-order chi connectivity index (χ0) is 13.0. The molecule has 0 radical (unpaired) electrons. The van der Waals surface area contributed by atoms with Crippen molar-refractivity contribution in [3.63, 3.8) is 0 Å². The molecule has 0 saturated carbocycles. The van der Waals surface area contributed by atoms with Crippen molar-refractivity contribution in [2.45, 2.75) is 57.9 Å². The molecular formula is C13H24N4O. The average molecular weight is 252 g/mol. The van der Waals surface area contributed by atoms with Gasteiger partial charge in [-0.2, -0.15) is 4.98 Å². The van der Waals surface area contributed by atoms with Gasteiger partial charge < -0.3 is 15.2 Å². The summed E-state index contributed by atoms with van der Waals surface area (Å²) in [7, 11) is 0. The van der Waals surface area contributed by atoms with Crippen LogP contribution < -0.4 is 10.6 Å². The van der Waals surface area contributed by atoms with Gasteiger partial charge in [-0.25, -0.2) is 0 Å². The molecule has 2 rings (SSSR count). The maximum atomic E-state index is 6.28. The number of rotatable bonds is 4. The highest BCUT2D eigenvalue weighted by atomic mass is 16.5. The van der Waals surface area contributed by atoms with Crippen molar-refractivity contribution >= 4 is 5.95 Å². The molecule has 5 heteroatoms. The SMILES string of the molecule is CCC(N)(CC)c1nc(N2CCCCCC2)no1. The van der Waals surface area contributed by atoms with Crippen molar-refractivity contribution in [3.05, 3.63) is 5.89 Å². The van der Waals surface area contributed by atoms with E-state index < -0.39 is 5.54 Å². The van der Waals surface area contributed by atoms with Crippen molar-refractivity contribution in [1.29, 1.82) is 0 Å². The van der Waals surface area contributed by atoms with E-state index >= 15 is 0 Å². The van der Waals surface area contributed by atoms with Gasteiger partial charge in [-0.3, -0.25) is 0 Å². The van der Waals surface area contributed by atoms with Crippen molar-refractivity contribution in [2.75, 3.05) is 18.0 Å². The standard InChI is InChI=1S/C13H24N4O/c1-3-13(14,4-2)11-15-12(16-18-11)17-9-7-5-6-8-10-17/h3-10,14H2,1-2H3. The number of aromatic nitrogens is 2. The molecule has 2 heterocycles. The van der Waals surface area contributed by atoms with Gasteiger partial charge in [0.2, 0.25) is 5.89 Å². The molecule has 5 nitrogen and oxygen atoms in total. The molecule has 0 amide bonds. The minimum Gasteiger partial charge on any atom is -0.338 e. The molecule has 1 saturated heterocycles. The summed E-state index contributed by atoms with van der Waals surface area (Å²) in [5.74, 6) is 1.29. The molecule has 18 heavy (non-hydrogen) atoms. The van der Waals surface area contributed by atoms with E-state index in [1.807, 2.05) is 0 Å². The van der Waals surface area contributed by atoms with Gasteiger partial charge in [0.15, 0.2) is 0 Å². The first-order valence-electron chi connectivity index (χ1n) is 7.07. The summed E-state index contributed by atoms with van der Waals surface area (Å²) in [6.45, 7) is 6.15. The van der Waals surface area contributed by atoms with Gasteiger partial charge in [-0.15, -0.1) is 0 Å². The molecule has 1 aromatic heterocycles. The lowest BCUT2D eigenvalue weighted by molar-refractivity contribution is 0.267. The van der Waals surface area contributed by atoms with E-state index in [9.17, 15) is 0 Å². The molecule has 0 aromatic carbocycles. The molecule has 0 unspecified atom stereocenters. The largest absolute Gasteiger partial charge is 0.338 e. The molecule has 1 fully saturated rings. The van der Waals surface area contributed by atoms with Crippen LogP contribution in [0.5, 0.6) is 0 Å². The van der Waals surface area contributed by atoms with E-state index in [0.717, 1.165) is 25.9 Å². The highest BCUT2D eigenvalue weighted by Crippen LogP contribution is 2.26. The molecule has 0 spiro atoms. The summed E-state index contributed by atoms with van der Waals surface area (Å²) in [6.07, 6.45) is 6.63. The molecule has 2 N–H and O–H groups in total. The van der Waals surface area contributed by atoms with Crippen LogP contribution in [0.2, 0.25) is 0 Å². The molecule has 1 aromatic rings. The minimum atomic E-state index is -0.475. The predicted octanol–water partition coefficient (Wildman–Crippen LogP) is 2.42. The van der Waals surface area contributed by atoms with E-state index in [1.54, 1.807) is 0 Å². The first kappa shape index (κ1) is 13.3. The number of hydrogen-bond acceptors (Lipinski definition) is 5. The van der Waals surface area contributed by atoms with Crippen molar-refractivity contribution < 1.29 is 4.52 Å². The Balaban J connectivity index is 2.13. The third-order valence-corrected chi connectivity index (χ3v) is 3.99. The van der Waals surface area contributed by atoms with Crippen molar-refractivity contribution in [2.24, 2.45) is 5.73 Å². The van der Waals surface area contributed by atoms with Crippen LogP contribution in [-0.2, 0) is 5.54 Å². The van der Waals surface area contributed by atoms with Crippen molar-refractivity contribution in [1.82, 2.24) is 10.1 Å². The van der Waals surface area contributed by atoms with E-state index in [4.69, 9.17) is 10.3 Å². The lowest BCUT2D eigenvalue weighted by atomic mass is 9.94. The number of anilines is 1. The highest BCUT2D eigenvalue weighted by molar-refractivity contribution is 5.28. The van der Waals surface area contributed by atoms with Crippen LogP contribution in [0.25, 0.3) is 0 Å². The average Bonchev–Trinajstić information content (AvgIpc) is 2.75. The predicted molar refractivity (Wildman–Crippen MR) is 71.4 cm³/mol. The second-order valence-corrected chi connectivity index (χ2v) is 5.16. The first-order valence-corrected chi connectivity index (χ1v) is 7.07. The van der Waals surface area contributed by atoms with Crippen LogP contribution in [-0.4, -0.2) is 23.2 Å². The fourth-order valence-electron chi connectivity index (χ4n) is 2.37. The van der Waals surface area contributed by atoms with Gasteiger partial charge in [0.25, 0.3) is 5.95 Å². The number of nitrogens with zero attached hydrogens (tertiary/aromatic N) is 3. The monoisotopic (exact) mass is 252 g/mol. The Morgan fingerprint density at radius 3 is 2.33 bits per heavy atom. The maximum absolute atomic E-state index is 6.28. The van der Waals surface area contributed by atoms with Crippen LogP contribution in [0, 0.1) is 0 Å². The normalized spacial score (nSPS) is 17.8. The fourth-order valence-corrected chi connectivity index (χ4v) is 2.37. The van der Waals surface area contributed by atoms with Crippen LogP contribution in [0.15, 0.2) is 4.52 Å². The summed E-state index contributed by atoms with van der Waals surface area (Å²) in [6, 6.07) is 0. The molecule has 0 bridgehead atoms. The van der Waals surface area contributed by atoms with E-state index in [-0.39, 0.29) is 0 Å². The van der Waals surface area contributed by atoms with Crippen LogP contribution in [0.1, 0.15) is 58.3 Å². The van der Waals surface area contributed by atoms with E-state index in [0.29, 0.717) is 11.8 Å². The second kappa shape index (κ2) is 5.69.